The third kappa shape index (κ3) is 7.45. The molecule has 1 heterocycles. The van der Waals surface area contributed by atoms with Crippen LogP contribution in [-0.4, -0.2) is 48.1 Å². The van der Waals surface area contributed by atoms with E-state index in [9.17, 15) is 9.59 Å². The lowest BCUT2D eigenvalue weighted by atomic mass is 9.95. The first-order chi connectivity index (χ1) is 12.0. The molecule has 5 nitrogen and oxygen atoms in total. The van der Waals surface area contributed by atoms with Crippen LogP contribution in [0.15, 0.2) is 24.3 Å². The molecule has 0 aromatic heterocycles. The SMILES string of the molecule is O=C(O)CC(CNC(=O)CCN1CCCCCC1)c1ccc(Cl)cc1. The van der Waals surface area contributed by atoms with Crippen LogP contribution < -0.4 is 5.32 Å². The molecule has 1 amide bonds. The smallest absolute Gasteiger partial charge is 0.304 e. The number of carbonyl (C=O) groups excluding carboxylic acids is 1. The molecule has 1 aliphatic rings. The summed E-state index contributed by atoms with van der Waals surface area (Å²) in [5.74, 6) is -1.15. The van der Waals surface area contributed by atoms with Gasteiger partial charge < -0.3 is 15.3 Å². The zero-order valence-corrected chi connectivity index (χ0v) is 15.3. The topological polar surface area (TPSA) is 69.6 Å². The number of carboxylic acids is 1. The number of benzene rings is 1. The Hall–Kier alpha value is -1.59. The van der Waals surface area contributed by atoms with Crippen LogP contribution in [0.5, 0.6) is 0 Å². The van der Waals surface area contributed by atoms with E-state index >= 15 is 0 Å². The van der Waals surface area contributed by atoms with Gasteiger partial charge in [-0.25, -0.2) is 0 Å². The largest absolute Gasteiger partial charge is 0.481 e. The minimum Gasteiger partial charge on any atom is -0.481 e. The predicted molar refractivity (Wildman–Crippen MR) is 99.0 cm³/mol. The van der Waals surface area contributed by atoms with E-state index < -0.39 is 5.97 Å². The van der Waals surface area contributed by atoms with Crippen molar-refractivity contribution in [2.75, 3.05) is 26.2 Å². The Balaban J connectivity index is 1.81. The molecule has 0 aliphatic carbocycles. The maximum absolute atomic E-state index is 12.1. The molecule has 1 aromatic rings. The molecule has 1 aliphatic heterocycles. The average molecular weight is 367 g/mol. The molecule has 0 spiro atoms. The van der Waals surface area contributed by atoms with E-state index in [2.05, 4.69) is 10.2 Å². The van der Waals surface area contributed by atoms with Gasteiger partial charge in [0.1, 0.15) is 0 Å². The molecule has 138 valence electrons. The normalized spacial score (nSPS) is 16.8. The minimum atomic E-state index is -0.876. The summed E-state index contributed by atoms with van der Waals surface area (Å²) in [7, 11) is 0. The zero-order valence-electron chi connectivity index (χ0n) is 14.5. The lowest BCUT2D eigenvalue weighted by Gasteiger charge is -2.20. The number of hydrogen-bond acceptors (Lipinski definition) is 3. The van der Waals surface area contributed by atoms with Crippen LogP contribution in [0.1, 0.15) is 50.0 Å². The first-order valence-electron chi connectivity index (χ1n) is 9.01. The highest BCUT2D eigenvalue weighted by atomic mass is 35.5. The fraction of sp³-hybridized carbons (Fsp3) is 0.579. The highest BCUT2D eigenvalue weighted by Crippen LogP contribution is 2.21. The molecule has 1 fully saturated rings. The van der Waals surface area contributed by atoms with Gasteiger partial charge in [-0.3, -0.25) is 9.59 Å². The van der Waals surface area contributed by atoms with Crippen molar-refractivity contribution in [3.8, 4) is 0 Å². The van der Waals surface area contributed by atoms with E-state index in [4.69, 9.17) is 16.7 Å². The molecule has 25 heavy (non-hydrogen) atoms. The van der Waals surface area contributed by atoms with Crippen molar-refractivity contribution < 1.29 is 14.7 Å². The van der Waals surface area contributed by atoms with Gasteiger partial charge in [0.05, 0.1) is 6.42 Å². The predicted octanol–water partition coefficient (Wildman–Crippen LogP) is 3.28. The van der Waals surface area contributed by atoms with Crippen LogP contribution >= 0.6 is 11.6 Å². The Bertz CT molecular complexity index is 554. The van der Waals surface area contributed by atoms with Crippen molar-refractivity contribution in [1.29, 1.82) is 0 Å². The van der Waals surface area contributed by atoms with Crippen molar-refractivity contribution >= 4 is 23.5 Å². The number of nitrogens with one attached hydrogen (secondary N) is 1. The van der Waals surface area contributed by atoms with Gasteiger partial charge in [0.15, 0.2) is 0 Å². The summed E-state index contributed by atoms with van der Waals surface area (Å²) >= 11 is 5.89. The Labute approximate surface area is 154 Å². The van der Waals surface area contributed by atoms with Crippen molar-refractivity contribution in [2.24, 2.45) is 0 Å². The summed E-state index contributed by atoms with van der Waals surface area (Å²) in [6.07, 6.45) is 5.41. The van der Waals surface area contributed by atoms with Gasteiger partial charge in [0.25, 0.3) is 0 Å². The number of amides is 1. The lowest BCUT2D eigenvalue weighted by molar-refractivity contribution is -0.137. The van der Waals surface area contributed by atoms with E-state index in [1.807, 2.05) is 12.1 Å². The summed E-state index contributed by atoms with van der Waals surface area (Å²) in [5.41, 5.74) is 0.875. The van der Waals surface area contributed by atoms with Crippen molar-refractivity contribution in [2.45, 2.75) is 44.4 Å². The fourth-order valence-electron chi connectivity index (χ4n) is 3.20. The maximum Gasteiger partial charge on any atom is 0.304 e. The van der Waals surface area contributed by atoms with Crippen LogP contribution in [-0.2, 0) is 9.59 Å². The molecular weight excluding hydrogens is 340 g/mol. The summed E-state index contributed by atoms with van der Waals surface area (Å²) in [6, 6.07) is 7.12. The zero-order chi connectivity index (χ0) is 18.1. The highest BCUT2D eigenvalue weighted by molar-refractivity contribution is 6.30. The average Bonchev–Trinajstić information content (AvgIpc) is 2.86. The number of nitrogens with zero attached hydrogens (tertiary/aromatic N) is 1. The summed E-state index contributed by atoms with van der Waals surface area (Å²) in [5, 5.41) is 12.6. The van der Waals surface area contributed by atoms with Gasteiger partial charge >= 0.3 is 5.97 Å². The molecule has 6 heteroatoms. The Morgan fingerprint density at radius 2 is 1.76 bits per heavy atom. The number of halogens is 1. The van der Waals surface area contributed by atoms with Gasteiger partial charge in [-0.1, -0.05) is 36.6 Å². The second-order valence-electron chi connectivity index (χ2n) is 6.66. The number of aliphatic carboxylic acids is 1. The number of carboxylic acid groups (broad SMARTS) is 1. The molecular formula is C19H27ClN2O3. The van der Waals surface area contributed by atoms with Crippen molar-refractivity contribution in [1.82, 2.24) is 10.2 Å². The minimum absolute atomic E-state index is 0.0198. The second kappa shape index (κ2) is 10.4. The molecule has 1 atom stereocenters. The first kappa shape index (κ1) is 19.7. The van der Waals surface area contributed by atoms with E-state index in [1.165, 1.54) is 25.7 Å². The molecule has 0 radical (unpaired) electrons. The summed E-state index contributed by atoms with van der Waals surface area (Å²) in [6.45, 7) is 3.24. The molecule has 2 rings (SSSR count). The van der Waals surface area contributed by atoms with Crippen molar-refractivity contribution in [3.05, 3.63) is 34.9 Å². The molecule has 0 saturated carbocycles. The number of carbonyl (C=O) groups is 2. The van der Waals surface area contributed by atoms with Crippen LogP contribution in [0, 0.1) is 0 Å². The molecule has 1 unspecified atom stereocenters. The number of hydrogen-bond donors (Lipinski definition) is 2. The molecule has 0 bridgehead atoms. The van der Waals surface area contributed by atoms with Gasteiger partial charge in [-0.2, -0.15) is 0 Å². The third-order valence-corrected chi connectivity index (χ3v) is 4.91. The Kier molecular flexibility index (Phi) is 8.22. The fourth-order valence-corrected chi connectivity index (χ4v) is 3.32. The first-order valence-corrected chi connectivity index (χ1v) is 9.38. The number of likely N-dealkylation sites (tertiary alicyclic amines) is 1. The lowest BCUT2D eigenvalue weighted by Crippen LogP contribution is -2.33. The van der Waals surface area contributed by atoms with Gasteiger partial charge in [-0.05, 0) is 43.6 Å². The van der Waals surface area contributed by atoms with E-state index in [-0.39, 0.29) is 18.2 Å². The molecule has 1 aromatic carbocycles. The van der Waals surface area contributed by atoms with Gasteiger partial charge in [0, 0.05) is 30.5 Å². The number of rotatable bonds is 8. The van der Waals surface area contributed by atoms with Crippen LogP contribution in [0.3, 0.4) is 0 Å². The van der Waals surface area contributed by atoms with Gasteiger partial charge in [0.2, 0.25) is 5.91 Å². The Morgan fingerprint density at radius 3 is 2.36 bits per heavy atom. The molecule has 1 saturated heterocycles. The van der Waals surface area contributed by atoms with E-state index in [1.54, 1.807) is 12.1 Å². The standard InChI is InChI=1S/C19H27ClN2O3/c20-17-7-5-15(6-8-17)16(13-19(24)25)14-21-18(23)9-12-22-10-3-1-2-4-11-22/h5-8,16H,1-4,9-14H2,(H,21,23)(H,24,25). The quantitative estimate of drug-likeness (QED) is 0.740. The van der Waals surface area contributed by atoms with E-state index in [0.29, 0.717) is 18.0 Å². The van der Waals surface area contributed by atoms with Crippen LogP contribution in [0.4, 0.5) is 0 Å². The molecule has 2 N–H and O–H groups in total. The van der Waals surface area contributed by atoms with Crippen molar-refractivity contribution in [3.63, 3.8) is 0 Å². The highest BCUT2D eigenvalue weighted by Gasteiger charge is 2.17. The van der Waals surface area contributed by atoms with Crippen LogP contribution in [0.2, 0.25) is 5.02 Å². The third-order valence-electron chi connectivity index (χ3n) is 4.66. The van der Waals surface area contributed by atoms with E-state index in [0.717, 1.165) is 25.2 Å². The van der Waals surface area contributed by atoms with Crippen LogP contribution in [0.25, 0.3) is 0 Å². The summed E-state index contributed by atoms with van der Waals surface area (Å²) < 4.78 is 0. The summed E-state index contributed by atoms with van der Waals surface area (Å²) in [4.78, 5) is 25.6. The monoisotopic (exact) mass is 366 g/mol. The second-order valence-corrected chi connectivity index (χ2v) is 7.09. The van der Waals surface area contributed by atoms with Gasteiger partial charge in [-0.15, -0.1) is 0 Å². The Morgan fingerprint density at radius 1 is 1.12 bits per heavy atom. The maximum atomic E-state index is 12.1.